The standard InChI is InChI=1S/C21H22N2O5/c1-14(20(25)22-23-21(26)16-6-3-2-4-7-16)28-19(24)13-27-18-11-10-15-8-5-9-17(15)12-18/h2-4,6-7,10-12,14H,5,8-9,13H2,1H3,(H,22,25)(H,23,26)/t14-/m1/s1. The number of hydrazine groups is 1. The monoisotopic (exact) mass is 382 g/mol. The summed E-state index contributed by atoms with van der Waals surface area (Å²) in [4.78, 5) is 35.8. The molecule has 0 saturated carbocycles. The van der Waals surface area contributed by atoms with Crippen molar-refractivity contribution in [1.29, 1.82) is 0 Å². The Morgan fingerprint density at radius 3 is 2.54 bits per heavy atom. The predicted molar refractivity (Wildman–Crippen MR) is 102 cm³/mol. The average Bonchev–Trinajstić information content (AvgIpc) is 3.18. The molecule has 146 valence electrons. The van der Waals surface area contributed by atoms with Gasteiger partial charge in [0.2, 0.25) is 0 Å². The largest absolute Gasteiger partial charge is 0.482 e. The first-order valence-corrected chi connectivity index (χ1v) is 9.12. The van der Waals surface area contributed by atoms with Gasteiger partial charge in [0, 0.05) is 5.56 Å². The van der Waals surface area contributed by atoms with Gasteiger partial charge in [-0.2, -0.15) is 0 Å². The summed E-state index contributed by atoms with van der Waals surface area (Å²) in [7, 11) is 0. The van der Waals surface area contributed by atoms with Crippen LogP contribution >= 0.6 is 0 Å². The summed E-state index contributed by atoms with van der Waals surface area (Å²) in [5, 5.41) is 0. The van der Waals surface area contributed by atoms with E-state index >= 15 is 0 Å². The van der Waals surface area contributed by atoms with Gasteiger partial charge in [-0.05, 0) is 61.6 Å². The smallest absolute Gasteiger partial charge is 0.344 e. The van der Waals surface area contributed by atoms with E-state index in [0.717, 1.165) is 19.3 Å². The fraction of sp³-hybridized carbons (Fsp3) is 0.286. The highest BCUT2D eigenvalue weighted by atomic mass is 16.6. The van der Waals surface area contributed by atoms with Crippen LogP contribution in [0.25, 0.3) is 0 Å². The Morgan fingerprint density at radius 1 is 1.00 bits per heavy atom. The van der Waals surface area contributed by atoms with E-state index < -0.39 is 23.9 Å². The number of rotatable bonds is 6. The van der Waals surface area contributed by atoms with Gasteiger partial charge < -0.3 is 9.47 Å². The molecule has 0 unspecified atom stereocenters. The van der Waals surface area contributed by atoms with Crippen molar-refractivity contribution in [2.45, 2.75) is 32.3 Å². The van der Waals surface area contributed by atoms with E-state index in [2.05, 4.69) is 10.9 Å². The minimum absolute atomic E-state index is 0.299. The number of nitrogens with one attached hydrogen (secondary N) is 2. The first-order valence-electron chi connectivity index (χ1n) is 9.12. The molecule has 0 aliphatic heterocycles. The average molecular weight is 382 g/mol. The third-order valence-electron chi connectivity index (χ3n) is 4.44. The second-order valence-corrected chi connectivity index (χ2v) is 6.51. The molecule has 0 bridgehead atoms. The summed E-state index contributed by atoms with van der Waals surface area (Å²) in [6.07, 6.45) is 2.15. The maximum Gasteiger partial charge on any atom is 0.344 e. The van der Waals surface area contributed by atoms with E-state index in [-0.39, 0.29) is 6.61 Å². The molecule has 0 radical (unpaired) electrons. The van der Waals surface area contributed by atoms with Crippen LogP contribution in [0.3, 0.4) is 0 Å². The molecule has 2 amide bonds. The Hall–Kier alpha value is -3.35. The Morgan fingerprint density at radius 2 is 1.75 bits per heavy atom. The molecule has 0 fully saturated rings. The van der Waals surface area contributed by atoms with Gasteiger partial charge in [0.15, 0.2) is 12.7 Å². The molecular formula is C21H22N2O5. The second-order valence-electron chi connectivity index (χ2n) is 6.51. The van der Waals surface area contributed by atoms with E-state index in [1.807, 2.05) is 18.2 Å². The van der Waals surface area contributed by atoms with Crippen LogP contribution < -0.4 is 15.6 Å². The molecular weight excluding hydrogens is 360 g/mol. The maximum atomic E-state index is 12.0. The number of carbonyl (C=O) groups is 3. The molecule has 3 rings (SSSR count). The summed E-state index contributed by atoms with van der Waals surface area (Å²) < 4.78 is 10.5. The number of amides is 2. The van der Waals surface area contributed by atoms with Crippen molar-refractivity contribution in [3.63, 3.8) is 0 Å². The lowest BCUT2D eigenvalue weighted by Gasteiger charge is -2.14. The fourth-order valence-corrected chi connectivity index (χ4v) is 2.95. The highest BCUT2D eigenvalue weighted by molar-refractivity contribution is 5.95. The zero-order valence-electron chi connectivity index (χ0n) is 15.6. The number of aryl methyl sites for hydroxylation is 2. The summed E-state index contributed by atoms with van der Waals surface area (Å²) >= 11 is 0. The van der Waals surface area contributed by atoms with Crippen LogP contribution in [0.1, 0.15) is 34.8 Å². The van der Waals surface area contributed by atoms with Gasteiger partial charge in [-0.3, -0.25) is 20.4 Å². The predicted octanol–water partition coefficient (Wildman–Crippen LogP) is 1.95. The van der Waals surface area contributed by atoms with Crippen LogP contribution in [-0.2, 0) is 27.2 Å². The van der Waals surface area contributed by atoms with Crippen LogP contribution in [0.2, 0.25) is 0 Å². The first kappa shape index (κ1) is 19.4. The van der Waals surface area contributed by atoms with Crippen molar-refractivity contribution in [2.24, 2.45) is 0 Å². The van der Waals surface area contributed by atoms with E-state index in [4.69, 9.17) is 9.47 Å². The Bertz CT molecular complexity index is 866. The van der Waals surface area contributed by atoms with Gasteiger partial charge >= 0.3 is 5.97 Å². The zero-order chi connectivity index (χ0) is 19.9. The van der Waals surface area contributed by atoms with E-state index in [1.54, 1.807) is 30.3 Å². The van der Waals surface area contributed by atoms with Crippen LogP contribution in [0.5, 0.6) is 5.75 Å². The fourth-order valence-electron chi connectivity index (χ4n) is 2.95. The molecule has 2 aromatic rings. The van der Waals surface area contributed by atoms with Crippen molar-refractivity contribution in [3.8, 4) is 5.75 Å². The lowest BCUT2D eigenvalue weighted by atomic mass is 10.1. The molecule has 28 heavy (non-hydrogen) atoms. The third-order valence-corrected chi connectivity index (χ3v) is 4.44. The van der Waals surface area contributed by atoms with Crippen molar-refractivity contribution in [3.05, 3.63) is 65.2 Å². The van der Waals surface area contributed by atoms with Gasteiger partial charge in [0.1, 0.15) is 5.75 Å². The van der Waals surface area contributed by atoms with E-state index in [1.165, 1.54) is 18.1 Å². The number of ether oxygens (including phenoxy) is 2. The normalized spacial score (nSPS) is 13.2. The lowest BCUT2D eigenvalue weighted by Crippen LogP contribution is -2.47. The molecule has 0 aromatic heterocycles. The van der Waals surface area contributed by atoms with Crippen LogP contribution in [0.15, 0.2) is 48.5 Å². The summed E-state index contributed by atoms with van der Waals surface area (Å²) in [6, 6.07) is 14.2. The number of hydrogen-bond acceptors (Lipinski definition) is 5. The summed E-state index contributed by atoms with van der Waals surface area (Å²) in [5.74, 6) is -1.18. The van der Waals surface area contributed by atoms with Crippen LogP contribution in [0.4, 0.5) is 0 Å². The van der Waals surface area contributed by atoms with Gasteiger partial charge in [-0.25, -0.2) is 4.79 Å². The van der Waals surface area contributed by atoms with Crippen LogP contribution in [0, 0.1) is 0 Å². The van der Waals surface area contributed by atoms with Crippen molar-refractivity contribution >= 4 is 17.8 Å². The van der Waals surface area contributed by atoms with E-state index in [0.29, 0.717) is 11.3 Å². The van der Waals surface area contributed by atoms with Gasteiger partial charge in [-0.1, -0.05) is 24.3 Å². The second kappa shape index (κ2) is 9.03. The van der Waals surface area contributed by atoms with Crippen molar-refractivity contribution < 1.29 is 23.9 Å². The minimum Gasteiger partial charge on any atom is -0.482 e. The van der Waals surface area contributed by atoms with Crippen molar-refractivity contribution in [2.75, 3.05) is 6.61 Å². The van der Waals surface area contributed by atoms with Gasteiger partial charge in [0.05, 0.1) is 0 Å². The zero-order valence-corrected chi connectivity index (χ0v) is 15.6. The number of carbonyl (C=O) groups excluding carboxylic acids is 3. The molecule has 7 nitrogen and oxygen atoms in total. The quantitative estimate of drug-likeness (QED) is 0.588. The summed E-state index contributed by atoms with van der Waals surface area (Å²) in [5.41, 5.74) is 7.46. The molecule has 1 aliphatic carbocycles. The maximum absolute atomic E-state index is 12.0. The van der Waals surface area contributed by atoms with E-state index in [9.17, 15) is 14.4 Å². The molecule has 2 N–H and O–H groups in total. The lowest BCUT2D eigenvalue weighted by molar-refractivity contribution is -0.156. The number of hydrogen-bond donors (Lipinski definition) is 2. The molecule has 2 aromatic carbocycles. The highest BCUT2D eigenvalue weighted by Crippen LogP contribution is 2.25. The number of benzene rings is 2. The van der Waals surface area contributed by atoms with Gasteiger partial charge in [-0.15, -0.1) is 0 Å². The number of fused-ring (bicyclic) bond motifs is 1. The topological polar surface area (TPSA) is 93.7 Å². The minimum atomic E-state index is -1.08. The molecule has 0 saturated heterocycles. The highest BCUT2D eigenvalue weighted by Gasteiger charge is 2.19. The van der Waals surface area contributed by atoms with Gasteiger partial charge in [0.25, 0.3) is 11.8 Å². The third kappa shape index (κ3) is 5.09. The Kier molecular flexibility index (Phi) is 6.26. The molecule has 1 aliphatic rings. The first-order chi connectivity index (χ1) is 13.5. The molecule has 1 atom stereocenters. The molecule has 0 heterocycles. The van der Waals surface area contributed by atoms with Crippen LogP contribution in [-0.4, -0.2) is 30.5 Å². The Balaban J connectivity index is 1.40. The number of esters is 1. The molecule has 0 spiro atoms. The summed E-state index contributed by atoms with van der Waals surface area (Å²) in [6.45, 7) is 1.12. The molecule has 7 heteroatoms. The Labute approximate surface area is 163 Å². The SMILES string of the molecule is C[C@@H](OC(=O)COc1ccc2c(c1)CCC2)C(=O)NNC(=O)c1ccccc1. The van der Waals surface area contributed by atoms with Crippen molar-refractivity contribution in [1.82, 2.24) is 10.9 Å².